The lowest BCUT2D eigenvalue weighted by atomic mass is 10.0. The zero-order chi connectivity index (χ0) is 26.4. The predicted molar refractivity (Wildman–Crippen MR) is 167 cm³/mol. The number of para-hydroxylation sites is 5. The summed E-state index contributed by atoms with van der Waals surface area (Å²) in [6, 6.07) is 45.6. The molecule has 3 aromatic heterocycles. The molecule has 40 heavy (non-hydrogen) atoms. The van der Waals surface area contributed by atoms with Gasteiger partial charge in [-0.25, -0.2) is 4.98 Å². The summed E-state index contributed by atoms with van der Waals surface area (Å²) in [5.74, 6) is 0.920. The van der Waals surface area contributed by atoms with Crippen molar-refractivity contribution in [2.75, 3.05) is 0 Å². The summed E-state index contributed by atoms with van der Waals surface area (Å²) < 4.78 is 6.99. The number of hydrogen-bond donors (Lipinski definition) is 0. The fourth-order valence-electron chi connectivity index (χ4n) is 6.72. The Morgan fingerprint density at radius 1 is 0.475 bits per heavy atom. The van der Waals surface area contributed by atoms with Crippen molar-refractivity contribution in [2.45, 2.75) is 0 Å². The number of rotatable bonds is 2. The molecule has 4 nitrogen and oxygen atoms in total. The van der Waals surface area contributed by atoms with Crippen molar-refractivity contribution < 1.29 is 0 Å². The fourth-order valence-corrected chi connectivity index (χ4v) is 6.72. The molecule has 0 amide bonds. The van der Waals surface area contributed by atoms with E-state index in [9.17, 15) is 0 Å². The van der Waals surface area contributed by atoms with Gasteiger partial charge in [-0.3, -0.25) is 4.57 Å². The maximum Gasteiger partial charge on any atom is 0.215 e. The van der Waals surface area contributed by atoms with E-state index in [1.165, 1.54) is 48.9 Å². The third kappa shape index (κ3) is 2.72. The topological polar surface area (TPSA) is 27.7 Å². The first-order valence-corrected chi connectivity index (χ1v) is 13.6. The summed E-state index contributed by atoms with van der Waals surface area (Å²) in [5.41, 5.74) is 8.04. The van der Waals surface area contributed by atoms with Crippen molar-refractivity contribution in [3.05, 3.63) is 127 Å². The standard InChI is InChI=1S/C36H24N4/c1-38-31-18-10-7-15-28(31)37-36(38)40-29-16-8-5-13-25(29)26-21-19-23-20-22-32-34(33(23)35(26)40)27-14-6-9-17-30(27)39(32)24-11-3-2-4-12-24/h2-22H,1H3. The van der Waals surface area contributed by atoms with Crippen LogP contribution in [-0.4, -0.2) is 18.7 Å². The monoisotopic (exact) mass is 512 g/mol. The molecule has 0 aliphatic rings. The molecule has 0 atom stereocenters. The van der Waals surface area contributed by atoms with Crippen molar-refractivity contribution >= 4 is 65.4 Å². The number of nitrogens with zero attached hydrogens (tertiary/aromatic N) is 4. The Balaban J connectivity index is 1.56. The summed E-state index contributed by atoms with van der Waals surface area (Å²) in [4.78, 5) is 5.18. The van der Waals surface area contributed by atoms with Crippen molar-refractivity contribution in [1.29, 1.82) is 0 Å². The van der Waals surface area contributed by atoms with Gasteiger partial charge in [0, 0.05) is 39.7 Å². The van der Waals surface area contributed by atoms with Gasteiger partial charge in [0.15, 0.2) is 0 Å². The summed E-state index contributed by atoms with van der Waals surface area (Å²) in [6.07, 6.45) is 0. The molecule has 0 fully saturated rings. The van der Waals surface area contributed by atoms with Crippen LogP contribution >= 0.6 is 0 Å². The van der Waals surface area contributed by atoms with Crippen LogP contribution in [0.5, 0.6) is 0 Å². The molecular weight excluding hydrogens is 488 g/mol. The molecular formula is C36H24N4. The van der Waals surface area contributed by atoms with E-state index in [1.807, 2.05) is 0 Å². The Morgan fingerprint density at radius 3 is 1.93 bits per heavy atom. The minimum atomic E-state index is 0.920. The molecule has 0 spiro atoms. The smallest absolute Gasteiger partial charge is 0.215 e. The lowest BCUT2D eigenvalue weighted by Gasteiger charge is -2.11. The molecule has 3 heterocycles. The maximum absolute atomic E-state index is 5.18. The van der Waals surface area contributed by atoms with Crippen molar-refractivity contribution in [3.8, 4) is 11.6 Å². The summed E-state index contributed by atoms with van der Waals surface area (Å²) in [5, 5.41) is 7.46. The van der Waals surface area contributed by atoms with Gasteiger partial charge >= 0.3 is 0 Å². The molecule has 0 aliphatic heterocycles. The minimum absolute atomic E-state index is 0.920. The second-order valence-electron chi connectivity index (χ2n) is 10.5. The second-order valence-corrected chi connectivity index (χ2v) is 10.5. The van der Waals surface area contributed by atoms with Crippen molar-refractivity contribution in [3.63, 3.8) is 0 Å². The quantitative estimate of drug-likeness (QED) is 0.227. The second kappa shape index (κ2) is 7.84. The molecule has 0 saturated heterocycles. The zero-order valence-electron chi connectivity index (χ0n) is 21.9. The van der Waals surface area contributed by atoms with Crippen LogP contribution in [0.1, 0.15) is 0 Å². The Morgan fingerprint density at radius 2 is 1.12 bits per heavy atom. The lowest BCUT2D eigenvalue weighted by molar-refractivity contribution is 0.871. The Hall–Kier alpha value is -5.35. The van der Waals surface area contributed by atoms with Crippen LogP contribution in [0.3, 0.4) is 0 Å². The lowest BCUT2D eigenvalue weighted by Crippen LogP contribution is -2.03. The van der Waals surface area contributed by atoms with E-state index in [4.69, 9.17) is 4.98 Å². The van der Waals surface area contributed by atoms with Crippen LogP contribution in [0.2, 0.25) is 0 Å². The van der Waals surface area contributed by atoms with Gasteiger partial charge in [-0.15, -0.1) is 0 Å². The third-order valence-electron chi connectivity index (χ3n) is 8.43. The average molecular weight is 513 g/mol. The van der Waals surface area contributed by atoms with E-state index >= 15 is 0 Å². The van der Waals surface area contributed by atoms with E-state index in [0.29, 0.717) is 0 Å². The molecule has 0 aliphatic carbocycles. The van der Waals surface area contributed by atoms with Crippen LogP contribution in [0, 0.1) is 0 Å². The summed E-state index contributed by atoms with van der Waals surface area (Å²) in [7, 11) is 2.12. The fraction of sp³-hybridized carbons (Fsp3) is 0.0278. The number of aromatic nitrogens is 4. The van der Waals surface area contributed by atoms with E-state index < -0.39 is 0 Å². The van der Waals surface area contributed by atoms with Crippen LogP contribution in [0.25, 0.3) is 77.1 Å². The predicted octanol–water partition coefficient (Wildman–Crippen LogP) is 8.92. The SMILES string of the molecule is Cn1c(-n2c3ccccc3c3ccc4ccc5c(c6ccccc6n5-c5ccccc5)c4c32)nc2ccccc21. The highest BCUT2D eigenvalue weighted by molar-refractivity contribution is 6.30. The van der Waals surface area contributed by atoms with Gasteiger partial charge in [0.1, 0.15) is 0 Å². The maximum atomic E-state index is 5.18. The summed E-state index contributed by atoms with van der Waals surface area (Å²) >= 11 is 0. The van der Waals surface area contributed by atoms with Crippen LogP contribution < -0.4 is 0 Å². The van der Waals surface area contributed by atoms with E-state index in [-0.39, 0.29) is 0 Å². The molecule has 0 unspecified atom stereocenters. The van der Waals surface area contributed by atoms with Crippen LogP contribution in [0.4, 0.5) is 0 Å². The number of imidazole rings is 1. The molecule has 6 aromatic carbocycles. The number of hydrogen-bond acceptors (Lipinski definition) is 1. The van der Waals surface area contributed by atoms with Crippen molar-refractivity contribution in [2.24, 2.45) is 7.05 Å². The van der Waals surface area contributed by atoms with Crippen LogP contribution in [-0.2, 0) is 7.05 Å². The van der Waals surface area contributed by atoms with E-state index in [1.54, 1.807) is 0 Å². The molecule has 4 heteroatoms. The Labute approximate surface area is 229 Å². The van der Waals surface area contributed by atoms with Crippen molar-refractivity contribution in [1.82, 2.24) is 18.7 Å². The molecule has 0 N–H and O–H groups in total. The van der Waals surface area contributed by atoms with Gasteiger partial charge in [0.05, 0.1) is 33.1 Å². The normalized spacial score (nSPS) is 12.1. The van der Waals surface area contributed by atoms with Gasteiger partial charge in [-0.1, -0.05) is 84.9 Å². The van der Waals surface area contributed by atoms with Gasteiger partial charge in [0.2, 0.25) is 5.95 Å². The van der Waals surface area contributed by atoms with Gasteiger partial charge in [-0.2, -0.15) is 0 Å². The molecule has 0 bridgehead atoms. The molecule has 9 rings (SSSR count). The largest absolute Gasteiger partial charge is 0.313 e. The zero-order valence-corrected chi connectivity index (χ0v) is 21.9. The highest BCUT2D eigenvalue weighted by atomic mass is 15.2. The Kier molecular flexibility index (Phi) is 4.23. The first-order valence-electron chi connectivity index (χ1n) is 13.6. The Bertz CT molecular complexity index is 2440. The molecule has 188 valence electrons. The molecule has 0 saturated carbocycles. The van der Waals surface area contributed by atoms with E-state index in [2.05, 4.69) is 148 Å². The highest BCUT2D eigenvalue weighted by Gasteiger charge is 2.22. The van der Waals surface area contributed by atoms with E-state index in [0.717, 1.165) is 28.2 Å². The first-order chi connectivity index (χ1) is 19.8. The number of benzene rings is 6. The first kappa shape index (κ1) is 21.6. The minimum Gasteiger partial charge on any atom is -0.313 e. The highest BCUT2D eigenvalue weighted by Crippen LogP contribution is 2.43. The van der Waals surface area contributed by atoms with Gasteiger partial charge in [-0.05, 0) is 47.9 Å². The number of fused-ring (bicyclic) bond motifs is 10. The number of aryl methyl sites for hydroxylation is 1. The summed E-state index contributed by atoms with van der Waals surface area (Å²) in [6.45, 7) is 0. The van der Waals surface area contributed by atoms with Gasteiger partial charge < -0.3 is 9.13 Å². The van der Waals surface area contributed by atoms with Crippen LogP contribution in [0.15, 0.2) is 127 Å². The molecule has 0 radical (unpaired) electrons. The van der Waals surface area contributed by atoms with Gasteiger partial charge in [0.25, 0.3) is 0 Å². The third-order valence-corrected chi connectivity index (χ3v) is 8.43. The molecule has 9 aromatic rings. The average Bonchev–Trinajstić information content (AvgIpc) is 3.65.